The normalized spacial score (nSPS) is 18.1. The summed E-state index contributed by atoms with van der Waals surface area (Å²) < 4.78 is 0. The molecule has 2 atom stereocenters. The SMILES string of the molecule is CCCCC/C=C\C/C=C\C/C=C\C/C=C\CCCC(=O)O.O=C1N[C@@H](Cc2cnc[nH]2)C(=O)N2CCC[C@@H]12.[Cl][Zn][Cl]. The Morgan fingerprint density at radius 1 is 1.02 bits per heavy atom. The van der Waals surface area contributed by atoms with Gasteiger partial charge in [0.05, 0.1) is 6.33 Å². The van der Waals surface area contributed by atoms with Crippen LogP contribution in [0.5, 0.6) is 0 Å². The van der Waals surface area contributed by atoms with Gasteiger partial charge in [-0.15, -0.1) is 0 Å². The van der Waals surface area contributed by atoms with Crippen LogP contribution in [0, 0.1) is 0 Å². The first-order chi connectivity index (χ1) is 20.4. The van der Waals surface area contributed by atoms with E-state index in [-0.39, 0.29) is 24.3 Å². The number of carbonyl (C=O) groups is 3. The van der Waals surface area contributed by atoms with Crippen LogP contribution in [0.15, 0.2) is 61.1 Å². The molecule has 3 rings (SSSR count). The number of unbranched alkanes of at least 4 members (excludes halogenated alkanes) is 4. The van der Waals surface area contributed by atoms with Crippen LogP contribution in [0.4, 0.5) is 0 Å². The molecular weight excluding hydrogens is 629 g/mol. The van der Waals surface area contributed by atoms with E-state index in [1.54, 1.807) is 17.4 Å². The van der Waals surface area contributed by atoms with Gasteiger partial charge in [-0.2, -0.15) is 0 Å². The van der Waals surface area contributed by atoms with E-state index in [1.165, 1.54) is 25.7 Å². The van der Waals surface area contributed by atoms with Gasteiger partial charge in [0, 0.05) is 31.3 Å². The van der Waals surface area contributed by atoms with Crippen LogP contribution in [0.3, 0.4) is 0 Å². The second-order valence-electron chi connectivity index (χ2n) is 10.0. The summed E-state index contributed by atoms with van der Waals surface area (Å²) in [7, 11) is 9.90. The minimum absolute atomic E-state index is 0.0217. The van der Waals surface area contributed by atoms with E-state index < -0.39 is 27.2 Å². The Morgan fingerprint density at radius 2 is 1.62 bits per heavy atom. The molecule has 0 radical (unpaired) electrons. The molecule has 2 saturated heterocycles. The number of imidazole rings is 1. The number of piperazine rings is 1. The molecule has 0 spiro atoms. The maximum absolute atomic E-state index is 12.2. The summed E-state index contributed by atoms with van der Waals surface area (Å²) in [6, 6.07) is -0.683. The molecule has 1 aromatic rings. The fourth-order valence-corrected chi connectivity index (χ4v) is 4.52. The second kappa shape index (κ2) is 25.3. The number of aromatic amines is 1. The summed E-state index contributed by atoms with van der Waals surface area (Å²) in [5.74, 6) is -0.704. The van der Waals surface area contributed by atoms with Crippen LogP contribution in [-0.2, 0) is 35.9 Å². The number of carboxylic acid groups (broad SMARTS) is 1. The molecule has 0 bridgehead atoms. The molecule has 42 heavy (non-hydrogen) atoms. The number of amides is 2. The number of aliphatic carboxylic acids is 1. The first kappa shape index (κ1) is 37.8. The number of nitrogens with zero attached hydrogens (tertiary/aromatic N) is 2. The Bertz CT molecular complexity index is 999. The number of hydrogen-bond donors (Lipinski definition) is 3. The van der Waals surface area contributed by atoms with Gasteiger partial charge < -0.3 is 20.3 Å². The van der Waals surface area contributed by atoms with Crippen molar-refractivity contribution in [2.45, 2.75) is 102 Å². The van der Waals surface area contributed by atoms with Crippen LogP contribution >= 0.6 is 19.4 Å². The zero-order valence-corrected chi connectivity index (χ0v) is 29.3. The van der Waals surface area contributed by atoms with E-state index in [2.05, 4.69) is 70.8 Å². The van der Waals surface area contributed by atoms with E-state index in [0.717, 1.165) is 50.6 Å². The molecule has 2 fully saturated rings. The molecule has 11 heteroatoms. The molecule has 2 amide bonds. The van der Waals surface area contributed by atoms with Gasteiger partial charge in [-0.05, 0) is 57.8 Å². The van der Waals surface area contributed by atoms with Crippen LogP contribution in [0.2, 0.25) is 0 Å². The summed E-state index contributed by atoms with van der Waals surface area (Å²) in [6.07, 6.45) is 32.8. The van der Waals surface area contributed by atoms with E-state index in [9.17, 15) is 14.4 Å². The fourth-order valence-electron chi connectivity index (χ4n) is 4.52. The molecule has 0 unspecified atom stereocenters. The summed E-state index contributed by atoms with van der Waals surface area (Å²) in [6.45, 7) is 2.94. The van der Waals surface area contributed by atoms with Crippen molar-refractivity contribution in [3.63, 3.8) is 0 Å². The summed E-state index contributed by atoms with van der Waals surface area (Å²) in [4.78, 5) is 42.9. The summed E-state index contributed by atoms with van der Waals surface area (Å²) in [5, 5.41) is 11.3. The van der Waals surface area contributed by atoms with Crippen molar-refractivity contribution < 1.29 is 34.6 Å². The third-order valence-corrected chi connectivity index (χ3v) is 6.65. The monoisotopic (exact) mass is 672 g/mol. The number of fused-ring (bicyclic) bond motifs is 1. The van der Waals surface area contributed by atoms with Crippen molar-refractivity contribution in [2.75, 3.05) is 6.54 Å². The molecule has 0 aliphatic carbocycles. The van der Waals surface area contributed by atoms with Gasteiger partial charge in [-0.3, -0.25) is 14.4 Å². The second-order valence-corrected chi connectivity index (χ2v) is 14.6. The average molecular weight is 675 g/mol. The summed E-state index contributed by atoms with van der Waals surface area (Å²) >= 11 is -0.931. The van der Waals surface area contributed by atoms with Crippen LogP contribution in [0.1, 0.15) is 89.7 Å². The zero-order chi connectivity index (χ0) is 30.8. The quantitative estimate of drug-likeness (QED) is 0.0989. The van der Waals surface area contributed by atoms with Gasteiger partial charge >= 0.3 is 40.5 Å². The molecule has 0 aromatic carbocycles. The van der Waals surface area contributed by atoms with Crippen molar-refractivity contribution in [3.8, 4) is 0 Å². The number of carboxylic acids is 1. The van der Waals surface area contributed by atoms with Crippen molar-refractivity contribution in [2.24, 2.45) is 0 Å². The van der Waals surface area contributed by atoms with Gasteiger partial charge in [-0.1, -0.05) is 68.4 Å². The average Bonchev–Trinajstić information content (AvgIpc) is 3.67. The summed E-state index contributed by atoms with van der Waals surface area (Å²) in [5.41, 5.74) is 0.862. The topological polar surface area (TPSA) is 115 Å². The van der Waals surface area contributed by atoms with E-state index >= 15 is 0 Å². The number of allylic oxidation sites excluding steroid dienone is 8. The Balaban J connectivity index is 0.000000391. The van der Waals surface area contributed by atoms with E-state index in [1.807, 2.05) is 0 Å². The fraction of sp³-hybridized carbons (Fsp3) is 0.548. The van der Waals surface area contributed by atoms with Crippen LogP contribution in [0.25, 0.3) is 0 Å². The Morgan fingerprint density at radius 3 is 2.17 bits per heavy atom. The number of aromatic nitrogens is 2. The van der Waals surface area contributed by atoms with E-state index in [4.69, 9.17) is 24.5 Å². The number of halogens is 2. The number of hydrogen-bond acceptors (Lipinski definition) is 4. The van der Waals surface area contributed by atoms with Crippen molar-refractivity contribution in [3.05, 3.63) is 66.8 Å². The predicted octanol–water partition coefficient (Wildman–Crippen LogP) is 7.03. The van der Waals surface area contributed by atoms with Crippen LogP contribution in [-0.4, -0.2) is 56.4 Å². The van der Waals surface area contributed by atoms with Gasteiger partial charge in [0.2, 0.25) is 11.8 Å². The van der Waals surface area contributed by atoms with E-state index in [0.29, 0.717) is 13.0 Å². The Labute approximate surface area is 266 Å². The third-order valence-electron chi connectivity index (χ3n) is 6.65. The Hall–Kier alpha value is -2.22. The molecule has 0 saturated carbocycles. The first-order valence-corrected chi connectivity index (χ1v) is 22.8. The molecule has 2 aliphatic heterocycles. The molecule has 2 aliphatic rings. The first-order valence-electron chi connectivity index (χ1n) is 15.0. The molecule has 230 valence electrons. The standard InChI is InChI=1S/C20H32O2.C11H14N4O2.2ClH.Zn/c1-2-3-4-5-6-7-8-9-10-11-12-13-14-15-16-17-18-19-20(21)22;16-10-9-2-1-3-15(9)11(17)8(14-10)4-7-5-12-6-13-7;;;/h6-7,9-10,12-13,15-16H,2-5,8,11,14,17-19H2,1H3,(H,21,22);5-6,8-9H,1-4H2,(H,12,13)(H,14,16);2*1H;/q;;;;+2/p-2/b7-6-,10-9-,13-12-,16-15-;;;;/t;8-,9-;;;/m.0.../s1. The predicted molar refractivity (Wildman–Crippen MR) is 167 cm³/mol. The van der Waals surface area contributed by atoms with Crippen molar-refractivity contribution in [1.29, 1.82) is 0 Å². The third kappa shape index (κ3) is 17.7. The van der Waals surface area contributed by atoms with Gasteiger partial charge in [0.1, 0.15) is 12.1 Å². The van der Waals surface area contributed by atoms with Gasteiger partial charge in [-0.25, -0.2) is 4.98 Å². The van der Waals surface area contributed by atoms with Gasteiger partial charge in [0.15, 0.2) is 0 Å². The molecule has 1 aromatic heterocycles. The van der Waals surface area contributed by atoms with Crippen molar-refractivity contribution in [1.82, 2.24) is 20.2 Å². The number of rotatable bonds is 16. The van der Waals surface area contributed by atoms with Crippen molar-refractivity contribution >= 4 is 37.2 Å². The van der Waals surface area contributed by atoms with Gasteiger partial charge in [0.25, 0.3) is 0 Å². The molecular formula is C31H46Cl2N4O4Zn. The molecule has 3 N–H and O–H groups in total. The minimum atomic E-state index is -0.931. The Kier molecular flexibility index (Phi) is 22.8. The molecule has 3 heterocycles. The number of carbonyl (C=O) groups excluding carboxylic acids is 2. The van der Waals surface area contributed by atoms with Crippen LogP contribution < -0.4 is 5.32 Å². The zero-order valence-electron chi connectivity index (χ0n) is 24.9. The molecule has 8 nitrogen and oxygen atoms in total. The number of nitrogens with one attached hydrogen (secondary N) is 2. The number of H-pyrrole nitrogens is 1. The maximum atomic E-state index is 12.2.